The summed E-state index contributed by atoms with van der Waals surface area (Å²) in [5, 5.41) is 16.7. The number of amides is 3. The van der Waals surface area contributed by atoms with E-state index in [1.54, 1.807) is 4.90 Å². The van der Waals surface area contributed by atoms with Gasteiger partial charge in [-0.1, -0.05) is 55.5 Å². The van der Waals surface area contributed by atoms with E-state index in [2.05, 4.69) is 15.5 Å². The van der Waals surface area contributed by atoms with Crippen LogP contribution >= 0.6 is 0 Å². The molecule has 2 bridgehead atoms. The maximum Gasteiger partial charge on any atom is 0.245 e. The molecule has 2 aromatic carbocycles. The van der Waals surface area contributed by atoms with Crippen molar-refractivity contribution in [2.75, 3.05) is 51.3 Å². The van der Waals surface area contributed by atoms with Crippen molar-refractivity contribution in [1.29, 1.82) is 0 Å². The number of rotatable bonds is 10. The smallest absolute Gasteiger partial charge is 0.245 e. The summed E-state index contributed by atoms with van der Waals surface area (Å²) in [6.45, 7) is 7.61. The molecule has 3 unspecified atom stereocenters. The molecule has 0 saturated carbocycles. The summed E-state index contributed by atoms with van der Waals surface area (Å²) in [5.41, 5.74) is -0.528. The number of para-hydroxylation sites is 1. The van der Waals surface area contributed by atoms with Crippen molar-refractivity contribution in [3.8, 4) is 0 Å². The number of morpholine rings is 1. The predicted molar refractivity (Wildman–Crippen MR) is 160 cm³/mol. The highest BCUT2D eigenvalue weighted by Crippen LogP contribution is 2.65. The molecule has 2 aromatic rings. The first-order chi connectivity index (χ1) is 20.8. The number of benzene rings is 2. The predicted octanol–water partition coefficient (Wildman–Crippen LogP) is 1.69. The van der Waals surface area contributed by atoms with Gasteiger partial charge in [0, 0.05) is 31.9 Å². The Labute approximate surface area is 252 Å². The first kappa shape index (κ1) is 29.7. The van der Waals surface area contributed by atoms with E-state index in [4.69, 9.17) is 9.47 Å². The lowest BCUT2D eigenvalue weighted by Crippen LogP contribution is -2.59. The first-order valence-corrected chi connectivity index (χ1v) is 15.4. The Morgan fingerprint density at radius 2 is 1.72 bits per heavy atom. The molecule has 10 nitrogen and oxygen atoms in total. The largest absolute Gasteiger partial charge is 0.394 e. The van der Waals surface area contributed by atoms with Crippen LogP contribution in [0.15, 0.2) is 60.7 Å². The minimum absolute atomic E-state index is 0.0756. The van der Waals surface area contributed by atoms with Gasteiger partial charge in [0.25, 0.3) is 0 Å². The molecule has 1 spiro atoms. The van der Waals surface area contributed by atoms with Gasteiger partial charge in [0.05, 0.1) is 43.3 Å². The van der Waals surface area contributed by atoms with Crippen LogP contribution in [0.1, 0.15) is 25.8 Å². The Hall–Kier alpha value is -3.31. The van der Waals surface area contributed by atoms with Crippen LogP contribution < -0.4 is 10.6 Å². The number of anilines is 1. The van der Waals surface area contributed by atoms with Gasteiger partial charge in [-0.15, -0.1) is 0 Å². The number of fused-ring (bicyclic) bond motifs is 1. The van der Waals surface area contributed by atoms with Crippen molar-refractivity contribution in [1.82, 2.24) is 15.1 Å². The van der Waals surface area contributed by atoms with Gasteiger partial charge in [0.1, 0.15) is 11.6 Å². The van der Waals surface area contributed by atoms with Crippen molar-refractivity contribution >= 4 is 23.4 Å². The van der Waals surface area contributed by atoms with Crippen LogP contribution in [0.4, 0.5) is 5.69 Å². The van der Waals surface area contributed by atoms with E-state index in [-0.39, 0.29) is 30.2 Å². The van der Waals surface area contributed by atoms with Crippen LogP contribution in [-0.2, 0) is 30.3 Å². The van der Waals surface area contributed by atoms with Crippen LogP contribution in [0, 0.1) is 17.8 Å². The van der Waals surface area contributed by atoms with Gasteiger partial charge in [-0.3, -0.25) is 19.3 Å². The number of ether oxygens (including phenoxy) is 2. The van der Waals surface area contributed by atoms with Crippen molar-refractivity contribution in [2.24, 2.45) is 17.8 Å². The summed E-state index contributed by atoms with van der Waals surface area (Å²) in [6.07, 6.45) is 0.841. The highest BCUT2D eigenvalue weighted by molar-refractivity contribution is 6.02. The van der Waals surface area contributed by atoms with Gasteiger partial charge >= 0.3 is 0 Å². The van der Waals surface area contributed by atoms with E-state index < -0.39 is 35.1 Å². The quantitative estimate of drug-likeness (QED) is 0.385. The van der Waals surface area contributed by atoms with E-state index in [9.17, 15) is 19.5 Å². The molecule has 10 heteroatoms. The minimum Gasteiger partial charge on any atom is -0.394 e. The molecule has 4 heterocycles. The Bertz CT molecular complexity index is 1320. The molecule has 0 aromatic heterocycles. The van der Waals surface area contributed by atoms with Crippen molar-refractivity contribution in [3.63, 3.8) is 0 Å². The van der Waals surface area contributed by atoms with E-state index in [0.717, 1.165) is 18.7 Å². The zero-order chi connectivity index (χ0) is 30.2. The molecule has 6 rings (SSSR count). The Balaban J connectivity index is 1.33. The van der Waals surface area contributed by atoms with Gasteiger partial charge in [-0.25, -0.2) is 0 Å². The van der Waals surface area contributed by atoms with Crippen molar-refractivity contribution < 1.29 is 29.0 Å². The summed E-state index contributed by atoms with van der Waals surface area (Å²) in [6, 6.07) is 17.2. The maximum atomic E-state index is 14.6. The van der Waals surface area contributed by atoms with Gasteiger partial charge in [-0.05, 0) is 43.4 Å². The van der Waals surface area contributed by atoms with E-state index in [0.29, 0.717) is 44.8 Å². The third-order valence-corrected chi connectivity index (χ3v) is 10.1. The second-order valence-electron chi connectivity index (χ2n) is 12.6. The number of hydrogen-bond donors (Lipinski definition) is 3. The van der Waals surface area contributed by atoms with Crippen LogP contribution in [0.3, 0.4) is 0 Å². The number of aliphatic hydroxyl groups excluding tert-OH is 1. The molecule has 3 amide bonds. The van der Waals surface area contributed by atoms with Gasteiger partial charge in [0.2, 0.25) is 17.7 Å². The average Bonchev–Trinajstić information content (AvgIpc) is 3.54. The zero-order valence-corrected chi connectivity index (χ0v) is 24.9. The second kappa shape index (κ2) is 12.0. The second-order valence-corrected chi connectivity index (χ2v) is 12.6. The van der Waals surface area contributed by atoms with Gasteiger partial charge in [-0.2, -0.15) is 0 Å². The minimum atomic E-state index is -1.18. The first-order valence-electron chi connectivity index (χ1n) is 15.4. The topological polar surface area (TPSA) is 120 Å². The van der Waals surface area contributed by atoms with E-state index in [1.165, 1.54) is 0 Å². The molecule has 43 heavy (non-hydrogen) atoms. The van der Waals surface area contributed by atoms with Crippen molar-refractivity contribution in [3.05, 3.63) is 66.2 Å². The number of nitrogens with zero attached hydrogens (tertiary/aromatic N) is 2. The van der Waals surface area contributed by atoms with E-state index >= 15 is 0 Å². The molecule has 4 aliphatic heterocycles. The number of carbonyl (C=O) groups excluding carboxylic acids is 3. The SMILES string of the molecule is CC1CC23O[C@@]1(C)[C@H](C(=O)Nc1ccccc1)[C@H]2C(=O)N([C@@H](CO)Cc1ccccc1)C3C(=O)NCCN1CCOCC1. The van der Waals surface area contributed by atoms with Crippen LogP contribution in [0.5, 0.6) is 0 Å². The normalized spacial score (nSPS) is 32.4. The standard InChI is InChI=1S/C33H42N4O6/c1-22-20-33-27(26(32(22,2)43-33)29(39)35-24-11-7-4-8-12-24)31(41)37(25(21-38)19-23-9-5-3-6-10-23)28(33)30(40)34-13-14-36-15-17-42-18-16-36/h3-12,22,25-28,38H,13-21H2,1-2H3,(H,34,40)(H,35,39)/t22?,25-,26+,27+,28?,32-,33?/m1/s1. The molecule has 0 aliphatic carbocycles. The molecular formula is C33H42N4O6. The number of hydrogen-bond acceptors (Lipinski definition) is 7. The number of carbonyl (C=O) groups is 3. The number of nitrogens with one attached hydrogen (secondary N) is 2. The summed E-state index contributed by atoms with van der Waals surface area (Å²) in [5.74, 6) is -2.64. The fourth-order valence-corrected chi connectivity index (χ4v) is 7.91. The monoisotopic (exact) mass is 590 g/mol. The Morgan fingerprint density at radius 3 is 2.40 bits per heavy atom. The van der Waals surface area contributed by atoms with Crippen LogP contribution in [0.25, 0.3) is 0 Å². The van der Waals surface area contributed by atoms with Crippen molar-refractivity contribution in [2.45, 2.75) is 50.0 Å². The Morgan fingerprint density at radius 1 is 1.05 bits per heavy atom. The van der Waals surface area contributed by atoms with Gasteiger partial charge < -0.3 is 30.1 Å². The third-order valence-electron chi connectivity index (χ3n) is 10.1. The summed E-state index contributed by atoms with van der Waals surface area (Å²) < 4.78 is 12.3. The highest BCUT2D eigenvalue weighted by atomic mass is 16.5. The summed E-state index contributed by atoms with van der Waals surface area (Å²) >= 11 is 0. The molecule has 3 N–H and O–H groups in total. The van der Waals surface area contributed by atoms with Gasteiger partial charge in [0.15, 0.2) is 0 Å². The molecule has 4 saturated heterocycles. The molecule has 0 radical (unpaired) electrons. The van der Waals surface area contributed by atoms with Crippen LogP contribution in [-0.4, -0.2) is 102 Å². The lowest BCUT2D eigenvalue weighted by Gasteiger charge is -2.37. The fraction of sp³-hybridized carbons (Fsp3) is 0.545. The molecule has 4 fully saturated rings. The lowest BCUT2D eigenvalue weighted by atomic mass is 9.62. The zero-order valence-electron chi connectivity index (χ0n) is 24.9. The lowest BCUT2D eigenvalue weighted by molar-refractivity contribution is -0.149. The summed E-state index contributed by atoms with van der Waals surface area (Å²) in [7, 11) is 0. The third kappa shape index (κ3) is 5.24. The Kier molecular flexibility index (Phi) is 8.30. The average molecular weight is 591 g/mol. The molecular weight excluding hydrogens is 548 g/mol. The highest BCUT2D eigenvalue weighted by Gasteiger charge is 2.80. The summed E-state index contributed by atoms with van der Waals surface area (Å²) in [4.78, 5) is 46.5. The number of likely N-dealkylation sites (tertiary alicyclic amines) is 1. The number of aliphatic hydroxyl groups is 1. The van der Waals surface area contributed by atoms with Crippen LogP contribution in [0.2, 0.25) is 0 Å². The maximum absolute atomic E-state index is 14.6. The molecule has 230 valence electrons. The van der Waals surface area contributed by atoms with E-state index in [1.807, 2.05) is 74.5 Å². The fourth-order valence-electron chi connectivity index (χ4n) is 7.91. The molecule has 7 atom stereocenters. The molecule has 4 aliphatic rings.